The number of rotatable bonds is 6. The molecule has 0 bridgehead atoms. The highest BCUT2D eigenvalue weighted by molar-refractivity contribution is 7.92. The van der Waals surface area contributed by atoms with Crippen molar-refractivity contribution in [3.63, 3.8) is 0 Å². The van der Waals surface area contributed by atoms with Crippen LogP contribution in [-0.2, 0) is 20.0 Å². The second-order valence-electron chi connectivity index (χ2n) is 6.80. The number of nitro groups is 1. The highest BCUT2D eigenvalue weighted by Crippen LogP contribution is 2.26. The summed E-state index contributed by atoms with van der Waals surface area (Å²) in [6.07, 6.45) is 2.64. The number of piperidine rings is 1. The van der Waals surface area contributed by atoms with E-state index in [0.29, 0.717) is 18.7 Å². The molecule has 29 heavy (non-hydrogen) atoms. The summed E-state index contributed by atoms with van der Waals surface area (Å²) in [7, 11) is -7.70. The zero-order valence-corrected chi connectivity index (χ0v) is 17.4. The minimum Gasteiger partial charge on any atom is -0.280 e. The zero-order valence-electron chi connectivity index (χ0n) is 15.7. The molecule has 0 unspecified atom stereocenters. The predicted molar refractivity (Wildman–Crippen MR) is 108 cm³/mol. The Hall–Kier alpha value is -2.50. The van der Waals surface area contributed by atoms with E-state index in [1.807, 2.05) is 0 Å². The van der Waals surface area contributed by atoms with Gasteiger partial charge in [0.1, 0.15) is 0 Å². The van der Waals surface area contributed by atoms with Crippen LogP contribution in [0, 0.1) is 17.0 Å². The lowest BCUT2D eigenvalue weighted by molar-refractivity contribution is -0.385. The van der Waals surface area contributed by atoms with E-state index in [-0.39, 0.29) is 21.2 Å². The number of nitrogens with zero attached hydrogens (tertiary/aromatic N) is 2. The fraction of sp³-hybridized carbons (Fsp3) is 0.333. The topological polar surface area (TPSA) is 127 Å². The lowest BCUT2D eigenvalue weighted by Gasteiger charge is -2.25. The summed E-state index contributed by atoms with van der Waals surface area (Å²) in [6.45, 7) is 2.48. The van der Waals surface area contributed by atoms with E-state index in [1.54, 1.807) is 0 Å². The molecule has 1 N–H and O–H groups in total. The van der Waals surface area contributed by atoms with Gasteiger partial charge in [-0.15, -0.1) is 0 Å². The van der Waals surface area contributed by atoms with Gasteiger partial charge in [0.25, 0.3) is 15.7 Å². The Bertz CT molecular complexity index is 1120. The molecule has 0 saturated carbocycles. The van der Waals surface area contributed by atoms with Gasteiger partial charge in [0.05, 0.1) is 14.7 Å². The summed E-state index contributed by atoms with van der Waals surface area (Å²) in [6, 6.07) is 9.01. The lowest BCUT2D eigenvalue weighted by atomic mass is 10.2. The van der Waals surface area contributed by atoms with Crippen molar-refractivity contribution in [3.05, 3.63) is 58.1 Å². The van der Waals surface area contributed by atoms with Gasteiger partial charge in [-0.05, 0) is 49.6 Å². The molecule has 2 aromatic rings. The summed E-state index contributed by atoms with van der Waals surface area (Å²) in [4.78, 5) is 10.2. The fourth-order valence-electron chi connectivity index (χ4n) is 3.15. The number of benzene rings is 2. The van der Waals surface area contributed by atoms with E-state index in [0.717, 1.165) is 25.3 Å². The molecule has 1 aliphatic rings. The summed E-state index contributed by atoms with van der Waals surface area (Å²) in [5, 5.41) is 10.9. The van der Waals surface area contributed by atoms with Crippen molar-refractivity contribution in [2.75, 3.05) is 17.8 Å². The molecule has 1 heterocycles. The van der Waals surface area contributed by atoms with Gasteiger partial charge >= 0.3 is 0 Å². The van der Waals surface area contributed by atoms with Gasteiger partial charge in [-0.3, -0.25) is 14.8 Å². The minimum absolute atomic E-state index is 0.0916. The molecule has 11 heteroatoms. The van der Waals surface area contributed by atoms with Gasteiger partial charge in [-0.2, -0.15) is 4.31 Å². The molecule has 0 spiro atoms. The van der Waals surface area contributed by atoms with Crippen molar-refractivity contribution in [3.8, 4) is 0 Å². The Morgan fingerprint density at radius 1 is 0.966 bits per heavy atom. The van der Waals surface area contributed by atoms with Crippen LogP contribution in [0.2, 0.25) is 0 Å². The van der Waals surface area contributed by atoms with Crippen molar-refractivity contribution in [1.29, 1.82) is 0 Å². The Morgan fingerprint density at radius 2 is 1.59 bits per heavy atom. The van der Waals surface area contributed by atoms with Gasteiger partial charge in [0, 0.05) is 30.9 Å². The predicted octanol–water partition coefficient (Wildman–Crippen LogP) is 2.88. The standard InChI is InChI=1S/C18H21N3O6S2/c1-14-5-8-16(21(22)23)13-18(14)28(24,25)19-15-6-9-17(10-7-15)29(26,27)20-11-3-2-4-12-20/h5-10,13,19H,2-4,11-12H2,1H3. The SMILES string of the molecule is Cc1ccc([N+](=O)[O-])cc1S(=O)(=O)Nc1ccc(S(=O)(=O)N2CCCCC2)cc1. The van der Waals surface area contributed by atoms with Crippen LogP contribution < -0.4 is 4.72 Å². The van der Waals surface area contributed by atoms with E-state index in [2.05, 4.69) is 4.72 Å². The molecular formula is C18H21N3O6S2. The van der Waals surface area contributed by atoms with E-state index < -0.39 is 25.0 Å². The molecule has 156 valence electrons. The van der Waals surface area contributed by atoms with Crippen LogP contribution in [0.1, 0.15) is 24.8 Å². The molecule has 0 atom stereocenters. The smallest absolute Gasteiger partial charge is 0.270 e. The molecule has 1 aliphatic heterocycles. The molecule has 0 aliphatic carbocycles. The van der Waals surface area contributed by atoms with Crippen LogP contribution in [-0.4, -0.2) is 39.2 Å². The average molecular weight is 440 g/mol. The first-order valence-electron chi connectivity index (χ1n) is 8.99. The molecule has 0 aromatic heterocycles. The molecule has 3 rings (SSSR count). The molecule has 1 saturated heterocycles. The molecule has 1 fully saturated rings. The van der Waals surface area contributed by atoms with Crippen molar-refractivity contribution in [2.45, 2.75) is 36.0 Å². The first-order chi connectivity index (χ1) is 13.6. The van der Waals surface area contributed by atoms with Crippen LogP contribution in [0.25, 0.3) is 0 Å². The summed E-state index contributed by atoms with van der Waals surface area (Å²) in [5.74, 6) is 0. The fourth-order valence-corrected chi connectivity index (χ4v) is 5.99. The second-order valence-corrected chi connectivity index (χ2v) is 10.4. The number of hydrogen-bond acceptors (Lipinski definition) is 6. The quantitative estimate of drug-likeness (QED) is 0.545. The maximum Gasteiger partial charge on any atom is 0.270 e. The zero-order chi connectivity index (χ0) is 21.2. The number of aryl methyl sites for hydroxylation is 1. The number of anilines is 1. The average Bonchev–Trinajstić information content (AvgIpc) is 2.68. The summed E-state index contributed by atoms with van der Waals surface area (Å²) < 4.78 is 54.5. The van der Waals surface area contributed by atoms with Crippen molar-refractivity contribution < 1.29 is 21.8 Å². The van der Waals surface area contributed by atoms with E-state index in [9.17, 15) is 26.9 Å². The van der Waals surface area contributed by atoms with Crippen molar-refractivity contribution >= 4 is 31.4 Å². The summed E-state index contributed by atoms with van der Waals surface area (Å²) >= 11 is 0. The molecule has 0 amide bonds. The Balaban J connectivity index is 1.84. The van der Waals surface area contributed by atoms with Crippen LogP contribution >= 0.6 is 0 Å². The van der Waals surface area contributed by atoms with Gasteiger partial charge in [0.2, 0.25) is 10.0 Å². The number of nitrogens with one attached hydrogen (secondary N) is 1. The normalized spacial score (nSPS) is 15.8. The van der Waals surface area contributed by atoms with Crippen LogP contribution in [0.15, 0.2) is 52.3 Å². The Kier molecular flexibility index (Phi) is 5.92. The third-order valence-corrected chi connectivity index (χ3v) is 8.17. The van der Waals surface area contributed by atoms with Crippen LogP contribution in [0.4, 0.5) is 11.4 Å². The molecule has 9 nitrogen and oxygen atoms in total. The van der Waals surface area contributed by atoms with Crippen molar-refractivity contribution in [2.24, 2.45) is 0 Å². The van der Waals surface area contributed by atoms with Crippen LogP contribution in [0.3, 0.4) is 0 Å². The van der Waals surface area contributed by atoms with E-state index >= 15 is 0 Å². The Morgan fingerprint density at radius 3 is 2.17 bits per heavy atom. The number of hydrogen-bond donors (Lipinski definition) is 1. The molecular weight excluding hydrogens is 418 g/mol. The third kappa shape index (κ3) is 4.57. The second kappa shape index (κ2) is 8.09. The van der Waals surface area contributed by atoms with E-state index in [4.69, 9.17) is 0 Å². The van der Waals surface area contributed by atoms with Gasteiger partial charge in [-0.25, -0.2) is 16.8 Å². The minimum atomic E-state index is -4.08. The number of non-ortho nitro benzene ring substituents is 1. The Labute approximate surface area is 169 Å². The van der Waals surface area contributed by atoms with Crippen LogP contribution in [0.5, 0.6) is 0 Å². The maximum atomic E-state index is 12.7. The van der Waals surface area contributed by atoms with Gasteiger partial charge in [-0.1, -0.05) is 12.5 Å². The lowest BCUT2D eigenvalue weighted by Crippen LogP contribution is -2.35. The molecule has 0 radical (unpaired) electrons. The maximum absolute atomic E-state index is 12.7. The first kappa shape index (κ1) is 21.2. The largest absolute Gasteiger partial charge is 0.280 e. The summed E-state index contributed by atoms with van der Waals surface area (Å²) in [5.41, 5.74) is 0.180. The monoisotopic (exact) mass is 439 g/mol. The number of sulfonamides is 2. The molecule has 2 aromatic carbocycles. The van der Waals surface area contributed by atoms with E-state index in [1.165, 1.54) is 47.6 Å². The van der Waals surface area contributed by atoms with Crippen molar-refractivity contribution in [1.82, 2.24) is 4.31 Å². The van der Waals surface area contributed by atoms with Gasteiger partial charge in [0.15, 0.2) is 0 Å². The third-order valence-electron chi connectivity index (χ3n) is 4.73. The number of nitro benzene ring substituents is 1. The first-order valence-corrected chi connectivity index (χ1v) is 11.9. The van der Waals surface area contributed by atoms with Gasteiger partial charge < -0.3 is 0 Å². The highest BCUT2D eigenvalue weighted by Gasteiger charge is 2.26. The highest BCUT2D eigenvalue weighted by atomic mass is 32.2.